The van der Waals surface area contributed by atoms with Gasteiger partial charge in [0.05, 0.1) is 5.69 Å². The van der Waals surface area contributed by atoms with Crippen molar-refractivity contribution in [3.05, 3.63) is 101 Å². The second-order valence-corrected chi connectivity index (χ2v) is 8.11. The van der Waals surface area contributed by atoms with Crippen LogP contribution in [0.5, 0.6) is 0 Å². The lowest BCUT2D eigenvalue weighted by Crippen LogP contribution is -2.32. The molecule has 0 aromatic heterocycles. The van der Waals surface area contributed by atoms with Gasteiger partial charge in [-0.1, -0.05) is 67.2 Å². The van der Waals surface area contributed by atoms with Gasteiger partial charge in [0, 0.05) is 10.6 Å². The smallest absolute Gasteiger partial charge is 0.283 e. The number of rotatable bonds is 6. The molecule has 150 valence electrons. The normalized spacial score (nSPS) is 13.9. The highest BCUT2D eigenvalue weighted by atomic mass is 32.2. The Morgan fingerprint density at radius 1 is 0.833 bits per heavy atom. The lowest BCUT2D eigenvalue weighted by Gasteiger charge is -2.16. The molecule has 0 bridgehead atoms. The van der Waals surface area contributed by atoms with Crippen LogP contribution in [0.2, 0.25) is 0 Å². The minimum atomic E-state index is -0.342. The number of nitrogens with zero attached hydrogens (tertiary/aromatic N) is 1. The predicted molar refractivity (Wildman–Crippen MR) is 122 cm³/mol. The van der Waals surface area contributed by atoms with Gasteiger partial charge in [0.1, 0.15) is 10.6 Å². The topological polar surface area (TPSA) is 49.4 Å². The van der Waals surface area contributed by atoms with E-state index in [-0.39, 0.29) is 11.8 Å². The Hall–Kier alpha value is -3.31. The minimum absolute atomic E-state index is 0.308. The van der Waals surface area contributed by atoms with Gasteiger partial charge in [-0.05, 0) is 54.8 Å². The second-order valence-electron chi connectivity index (χ2n) is 7.02. The van der Waals surface area contributed by atoms with E-state index in [2.05, 4.69) is 12.2 Å². The van der Waals surface area contributed by atoms with E-state index in [0.717, 1.165) is 28.1 Å². The maximum Gasteiger partial charge on any atom is 0.283 e. The molecule has 0 saturated heterocycles. The number of nitrogens with one attached hydrogen (secondary N) is 1. The van der Waals surface area contributed by atoms with E-state index < -0.39 is 0 Å². The molecule has 5 heteroatoms. The molecule has 1 aliphatic heterocycles. The van der Waals surface area contributed by atoms with Crippen LogP contribution in [-0.2, 0) is 16.0 Å². The molecule has 0 fully saturated rings. The summed E-state index contributed by atoms with van der Waals surface area (Å²) < 4.78 is 0. The third-order valence-electron chi connectivity index (χ3n) is 5.01. The van der Waals surface area contributed by atoms with Gasteiger partial charge in [-0.25, -0.2) is 4.90 Å². The first kappa shape index (κ1) is 20.0. The maximum absolute atomic E-state index is 13.4. The first-order valence-corrected chi connectivity index (χ1v) is 10.7. The molecule has 3 aromatic rings. The Labute approximate surface area is 180 Å². The molecule has 0 unspecified atom stereocenters. The number of anilines is 2. The summed E-state index contributed by atoms with van der Waals surface area (Å²) in [6.07, 6.45) is 0.898. The van der Waals surface area contributed by atoms with Crippen molar-refractivity contribution >= 4 is 35.0 Å². The Morgan fingerprint density at radius 2 is 1.50 bits per heavy atom. The average molecular weight is 415 g/mol. The van der Waals surface area contributed by atoms with E-state index in [1.54, 1.807) is 0 Å². The van der Waals surface area contributed by atoms with Crippen molar-refractivity contribution in [3.63, 3.8) is 0 Å². The molecule has 4 rings (SSSR count). The molecule has 0 spiro atoms. The summed E-state index contributed by atoms with van der Waals surface area (Å²) in [4.78, 5) is 29.3. The minimum Gasteiger partial charge on any atom is -0.350 e. The van der Waals surface area contributed by atoms with Crippen molar-refractivity contribution < 1.29 is 9.59 Å². The molecule has 0 atom stereocenters. The molecule has 1 aliphatic rings. The molecule has 3 aromatic carbocycles. The van der Waals surface area contributed by atoms with Crippen LogP contribution < -0.4 is 10.2 Å². The number of hydrogen-bond donors (Lipinski definition) is 1. The van der Waals surface area contributed by atoms with Gasteiger partial charge in [0.25, 0.3) is 11.8 Å². The molecule has 0 aliphatic carbocycles. The van der Waals surface area contributed by atoms with Crippen molar-refractivity contribution in [1.29, 1.82) is 0 Å². The van der Waals surface area contributed by atoms with Gasteiger partial charge in [0.2, 0.25) is 0 Å². The van der Waals surface area contributed by atoms with E-state index in [0.29, 0.717) is 16.3 Å². The molecule has 0 radical (unpaired) electrons. The standard InChI is InChI=1S/C25H22N2O2S/c1-3-18-13-15-19(16-14-18)27-24(28)22(26-21-12-8-7-9-17(21)2)23(25(27)29)30-20-10-5-4-6-11-20/h4-16,26H,3H2,1-2H3. The zero-order valence-corrected chi connectivity index (χ0v) is 17.7. The van der Waals surface area contributed by atoms with Crippen LogP contribution in [0, 0.1) is 6.92 Å². The van der Waals surface area contributed by atoms with Crippen molar-refractivity contribution in [2.75, 3.05) is 10.2 Å². The molecule has 4 nitrogen and oxygen atoms in total. The average Bonchev–Trinajstić information content (AvgIpc) is 3.00. The van der Waals surface area contributed by atoms with E-state index in [1.807, 2.05) is 85.8 Å². The van der Waals surface area contributed by atoms with Gasteiger partial charge < -0.3 is 5.32 Å². The number of para-hydroxylation sites is 1. The van der Waals surface area contributed by atoms with Crippen LogP contribution in [0.15, 0.2) is 94.4 Å². The molecule has 1 N–H and O–H groups in total. The number of carbonyl (C=O) groups is 2. The second kappa shape index (κ2) is 8.59. The first-order chi connectivity index (χ1) is 14.6. The molecular weight excluding hydrogens is 392 g/mol. The van der Waals surface area contributed by atoms with Crippen molar-refractivity contribution in [3.8, 4) is 0 Å². The maximum atomic E-state index is 13.4. The number of benzene rings is 3. The summed E-state index contributed by atoms with van der Waals surface area (Å²) in [5.41, 5.74) is 3.85. The number of imide groups is 1. The number of aryl methyl sites for hydroxylation is 2. The Kier molecular flexibility index (Phi) is 5.72. The lowest BCUT2D eigenvalue weighted by molar-refractivity contribution is -0.120. The zero-order valence-electron chi connectivity index (χ0n) is 16.9. The Balaban J connectivity index is 1.74. The van der Waals surface area contributed by atoms with Crippen molar-refractivity contribution in [2.45, 2.75) is 25.2 Å². The van der Waals surface area contributed by atoms with Crippen LogP contribution in [0.1, 0.15) is 18.1 Å². The third-order valence-corrected chi connectivity index (χ3v) is 6.10. The number of thioether (sulfide) groups is 1. The molecule has 30 heavy (non-hydrogen) atoms. The van der Waals surface area contributed by atoms with E-state index in [4.69, 9.17) is 0 Å². The SMILES string of the molecule is CCc1ccc(N2C(=O)C(Nc3ccccc3C)=C(Sc3ccccc3)C2=O)cc1. The summed E-state index contributed by atoms with van der Waals surface area (Å²) in [7, 11) is 0. The number of carbonyl (C=O) groups excluding carboxylic acids is 2. The Bertz CT molecular complexity index is 1120. The van der Waals surface area contributed by atoms with Gasteiger partial charge >= 0.3 is 0 Å². The highest BCUT2D eigenvalue weighted by molar-refractivity contribution is 8.04. The van der Waals surface area contributed by atoms with Crippen LogP contribution in [0.25, 0.3) is 0 Å². The third kappa shape index (κ3) is 3.89. The van der Waals surface area contributed by atoms with Crippen LogP contribution in [-0.4, -0.2) is 11.8 Å². The lowest BCUT2D eigenvalue weighted by atomic mass is 10.1. The fourth-order valence-corrected chi connectivity index (χ4v) is 4.23. The highest BCUT2D eigenvalue weighted by Gasteiger charge is 2.40. The molecule has 0 saturated carbocycles. The number of hydrogen-bond acceptors (Lipinski definition) is 4. The van der Waals surface area contributed by atoms with Gasteiger partial charge in [-0.2, -0.15) is 0 Å². The summed E-state index contributed by atoms with van der Waals surface area (Å²) >= 11 is 1.31. The predicted octanol–water partition coefficient (Wildman–Crippen LogP) is 5.55. The van der Waals surface area contributed by atoms with E-state index in [9.17, 15) is 9.59 Å². The quantitative estimate of drug-likeness (QED) is 0.538. The summed E-state index contributed by atoms with van der Waals surface area (Å²) in [5.74, 6) is -0.653. The molecule has 1 heterocycles. The largest absolute Gasteiger partial charge is 0.350 e. The van der Waals surface area contributed by atoms with Crippen molar-refractivity contribution in [2.24, 2.45) is 0 Å². The van der Waals surface area contributed by atoms with Crippen molar-refractivity contribution in [1.82, 2.24) is 0 Å². The Morgan fingerprint density at radius 3 is 2.17 bits per heavy atom. The summed E-state index contributed by atoms with van der Waals surface area (Å²) in [6, 6.07) is 24.9. The van der Waals surface area contributed by atoms with Crippen LogP contribution in [0.4, 0.5) is 11.4 Å². The van der Waals surface area contributed by atoms with Crippen LogP contribution in [0.3, 0.4) is 0 Å². The van der Waals surface area contributed by atoms with Gasteiger partial charge in [-0.15, -0.1) is 0 Å². The first-order valence-electron chi connectivity index (χ1n) is 9.86. The monoisotopic (exact) mass is 414 g/mol. The van der Waals surface area contributed by atoms with Crippen LogP contribution >= 0.6 is 11.8 Å². The molecular formula is C25H22N2O2S. The number of amides is 2. The van der Waals surface area contributed by atoms with E-state index >= 15 is 0 Å². The fraction of sp³-hybridized carbons (Fsp3) is 0.120. The zero-order chi connectivity index (χ0) is 21.1. The van der Waals surface area contributed by atoms with Gasteiger partial charge in [0.15, 0.2) is 0 Å². The highest BCUT2D eigenvalue weighted by Crippen LogP contribution is 2.38. The van der Waals surface area contributed by atoms with Gasteiger partial charge in [-0.3, -0.25) is 9.59 Å². The fourth-order valence-electron chi connectivity index (χ4n) is 3.28. The summed E-state index contributed by atoms with van der Waals surface area (Å²) in [6.45, 7) is 4.04. The molecule has 2 amide bonds. The van der Waals surface area contributed by atoms with E-state index in [1.165, 1.54) is 16.7 Å². The summed E-state index contributed by atoms with van der Waals surface area (Å²) in [5, 5.41) is 3.23.